The van der Waals surface area contributed by atoms with Crippen molar-refractivity contribution in [3.63, 3.8) is 0 Å². The molecular formula is C17H34IN3O2. The molecule has 1 saturated heterocycles. The topological polar surface area (TPSA) is 54.9 Å². The Bertz CT molecular complexity index is 315. The Morgan fingerprint density at radius 3 is 2.52 bits per heavy atom. The largest absolute Gasteiger partial charge is 0.376 e. The molecule has 2 rings (SSSR count). The van der Waals surface area contributed by atoms with Gasteiger partial charge in [0.15, 0.2) is 5.96 Å². The summed E-state index contributed by atoms with van der Waals surface area (Å²) in [4.78, 5) is 4.61. The highest BCUT2D eigenvalue weighted by Gasteiger charge is 2.15. The van der Waals surface area contributed by atoms with Crippen LogP contribution in [-0.2, 0) is 9.47 Å². The Labute approximate surface area is 158 Å². The Morgan fingerprint density at radius 2 is 1.87 bits per heavy atom. The monoisotopic (exact) mass is 439 g/mol. The number of hydrogen-bond acceptors (Lipinski definition) is 3. The molecule has 1 atom stereocenters. The highest BCUT2D eigenvalue weighted by molar-refractivity contribution is 14.0. The van der Waals surface area contributed by atoms with Gasteiger partial charge in [0.2, 0.25) is 0 Å². The molecule has 2 aliphatic rings. The fraction of sp³-hybridized carbons (Fsp3) is 0.941. The van der Waals surface area contributed by atoms with E-state index in [1.807, 2.05) is 0 Å². The lowest BCUT2D eigenvalue weighted by Crippen LogP contribution is -2.39. The van der Waals surface area contributed by atoms with Crippen molar-refractivity contribution in [3.05, 3.63) is 0 Å². The van der Waals surface area contributed by atoms with Crippen LogP contribution in [0.3, 0.4) is 0 Å². The van der Waals surface area contributed by atoms with Gasteiger partial charge < -0.3 is 20.1 Å². The summed E-state index contributed by atoms with van der Waals surface area (Å²) >= 11 is 0. The van der Waals surface area contributed by atoms with Crippen LogP contribution in [0, 0.1) is 0 Å². The Morgan fingerprint density at radius 1 is 1.09 bits per heavy atom. The van der Waals surface area contributed by atoms with Crippen LogP contribution in [0.25, 0.3) is 0 Å². The molecule has 2 N–H and O–H groups in total. The van der Waals surface area contributed by atoms with Crippen molar-refractivity contribution in [3.8, 4) is 0 Å². The maximum atomic E-state index is 6.00. The first kappa shape index (κ1) is 21.0. The SMILES string of the molecule is CCNC(=NCC1CCCO1)NCCOC1CCCCCC1.I. The third-order valence-corrected chi connectivity index (χ3v) is 4.37. The number of guanidine groups is 1. The molecule has 136 valence electrons. The molecule has 1 aliphatic carbocycles. The summed E-state index contributed by atoms with van der Waals surface area (Å²) in [6, 6.07) is 0. The van der Waals surface area contributed by atoms with Crippen LogP contribution in [0.5, 0.6) is 0 Å². The van der Waals surface area contributed by atoms with Gasteiger partial charge in [-0.3, -0.25) is 4.99 Å². The van der Waals surface area contributed by atoms with E-state index in [-0.39, 0.29) is 24.0 Å². The number of ether oxygens (including phenoxy) is 2. The molecule has 1 saturated carbocycles. The second-order valence-corrected chi connectivity index (χ2v) is 6.27. The van der Waals surface area contributed by atoms with Gasteiger partial charge in [0.25, 0.3) is 0 Å². The zero-order chi connectivity index (χ0) is 15.5. The van der Waals surface area contributed by atoms with Crippen molar-refractivity contribution in [2.24, 2.45) is 4.99 Å². The third kappa shape index (κ3) is 9.10. The van der Waals surface area contributed by atoms with E-state index in [4.69, 9.17) is 9.47 Å². The van der Waals surface area contributed by atoms with Crippen LogP contribution < -0.4 is 10.6 Å². The number of rotatable bonds is 7. The van der Waals surface area contributed by atoms with Crippen molar-refractivity contribution in [1.82, 2.24) is 10.6 Å². The Balaban J connectivity index is 0.00000264. The fourth-order valence-corrected chi connectivity index (χ4v) is 3.13. The van der Waals surface area contributed by atoms with Crippen LogP contribution in [0.2, 0.25) is 0 Å². The summed E-state index contributed by atoms with van der Waals surface area (Å²) in [5.74, 6) is 0.877. The lowest BCUT2D eigenvalue weighted by molar-refractivity contribution is 0.0468. The van der Waals surface area contributed by atoms with Gasteiger partial charge in [0.05, 0.1) is 25.4 Å². The van der Waals surface area contributed by atoms with E-state index in [0.717, 1.165) is 45.2 Å². The zero-order valence-electron chi connectivity index (χ0n) is 14.5. The fourth-order valence-electron chi connectivity index (χ4n) is 3.13. The predicted molar refractivity (Wildman–Crippen MR) is 106 cm³/mol. The summed E-state index contributed by atoms with van der Waals surface area (Å²) in [6.07, 6.45) is 10.9. The van der Waals surface area contributed by atoms with Crippen LogP contribution >= 0.6 is 24.0 Å². The minimum Gasteiger partial charge on any atom is -0.376 e. The van der Waals surface area contributed by atoms with Crippen LogP contribution in [0.15, 0.2) is 4.99 Å². The average Bonchev–Trinajstić information content (AvgIpc) is 2.92. The van der Waals surface area contributed by atoms with Crippen molar-refractivity contribution in [2.75, 3.05) is 32.8 Å². The van der Waals surface area contributed by atoms with E-state index in [9.17, 15) is 0 Å². The number of nitrogens with one attached hydrogen (secondary N) is 2. The number of halogens is 1. The van der Waals surface area contributed by atoms with Gasteiger partial charge in [-0.05, 0) is 32.6 Å². The molecule has 6 heteroatoms. The maximum Gasteiger partial charge on any atom is 0.191 e. The Kier molecular flexibility index (Phi) is 12.1. The molecule has 0 aromatic heterocycles. The van der Waals surface area contributed by atoms with Gasteiger partial charge in [0.1, 0.15) is 0 Å². The highest BCUT2D eigenvalue weighted by Crippen LogP contribution is 2.19. The summed E-state index contributed by atoms with van der Waals surface area (Å²) in [7, 11) is 0. The van der Waals surface area contributed by atoms with Gasteiger partial charge in [-0.15, -0.1) is 24.0 Å². The van der Waals surface area contributed by atoms with Crippen molar-refractivity contribution >= 4 is 29.9 Å². The molecule has 5 nitrogen and oxygen atoms in total. The zero-order valence-corrected chi connectivity index (χ0v) is 16.8. The minimum atomic E-state index is 0. The van der Waals surface area contributed by atoms with Crippen LogP contribution in [-0.4, -0.2) is 51.0 Å². The number of aliphatic imine (C=N–C) groups is 1. The van der Waals surface area contributed by atoms with E-state index in [1.165, 1.54) is 44.9 Å². The van der Waals surface area contributed by atoms with Gasteiger partial charge in [-0.25, -0.2) is 0 Å². The van der Waals surface area contributed by atoms with Crippen molar-refractivity contribution in [1.29, 1.82) is 0 Å². The smallest absolute Gasteiger partial charge is 0.191 e. The highest BCUT2D eigenvalue weighted by atomic mass is 127. The van der Waals surface area contributed by atoms with Gasteiger partial charge >= 0.3 is 0 Å². The van der Waals surface area contributed by atoms with Crippen molar-refractivity contribution < 1.29 is 9.47 Å². The summed E-state index contributed by atoms with van der Waals surface area (Å²) in [5, 5.41) is 6.64. The minimum absolute atomic E-state index is 0. The second kappa shape index (κ2) is 13.2. The van der Waals surface area contributed by atoms with E-state index in [0.29, 0.717) is 12.2 Å². The summed E-state index contributed by atoms with van der Waals surface area (Å²) in [5.41, 5.74) is 0. The van der Waals surface area contributed by atoms with Gasteiger partial charge in [-0.1, -0.05) is 25.7 Å². The molecule has 0 bridgehead atoms. The molecule has 0 radical (unpaired) electrons. The maximum absolute atomic E-state index is 6.00. The van der Waals surface area contributed by atoms with E-state index >= 15 is 0 Å². The normalized spacial score (nSPS) is 23.2. The van der Waals surface area contributed by atoms with E-state index in [1.54, 1.807) is 0 Å². The molecule has 1 heterocycles. The summed E-state index contributed by atoms with van der Waals surface area (Å²) < 4.78 is 11.6. The van der Waals surface area contributed by atoms with E-state index in [2.05, 4.69) is 22.5 Å². The molecule has 0 aromatic rings. The van der Waals surface area contributed by atoms with Crippen molar-refractivity contribution in [2.45, 2.75) is 70.5 Å². The Hall–Kier alpha value is -0.0800. The first-order valence-corrected chi connectivity index (χ1v) is 9.14. The molecule has 23 heavy (non-hydrogen) atoms. The molecule has 0 spiro atoms. The lowest BCUT2D eigenvalue weighted by Gasteiger charge is -2.17. The first-order chi connectivity index (χ1) is 10.9. The molecule has 1 unspecified atom stereocenters. The van der Waals surface area contributed by atoms with Crippen LogP contribution in [0.1, 0.15) is 58.3 Å². The van der Waals surface area contributed by atoms with Gasteiger partial charge in [0, 0.05) is 19.7 Å². The number of nitrogens with zero attached hydrogens (tertiary/aromatic N) is 1. The standard InChI is InChI=1S/C17H33N3O2.HI/c1-2-18-17(20-14-16-10-7-12-21-16)19-11-13-22-15-8-5-3-4-6-9-15;/h15-16H,2-14H2,1H3,(H2,18,19,20);1H. The lowest BCUT2D eigenvalue weighted by atomic mass is 10.1. The summed E-state index contributed by atoms with van der Waals surface area (Å²) in [6.45, 7) is 6.17. The third-order valence-electron chi connectivity index (χ3n) is 4.37. The van der Waals surface area contributed by atoms with Crippen LogP contribution in [0.4, 0.5) is 0 Å². The molecule has 0 aromatic carbocycles. The van der Waals surface area contributed by atoms with E-state index < -0.39 is 0 Å². The second-order valence-electron chi connectivity index (χ2n) is 6.27. The predicted octanol–water partition coefficient (Wildman–Crippen LogP) is 3.08. The number of hydrogen-bond donors (Lipinski definition) is 2. The van der Waals surface area contributed by atoms with Gasteiger partial charge in [-0.2, -0.15) is 0 Å². The average molecular weight is 439 g/mol. The molecular weight excluding hydrogens is 405 g/mol. The quantitative estimate of drug-likeness (QED) is 0.211. The molecule has 2 fully saturated rings. The first-order valence-electron chi connectivity index (χ1n) is 9.14. The molecule has 0 amide bonds. The molecule has 1 aliphatic heterocycles.